The molecule has 0 radical (unpaired) electrons. The Balaban J connectivity index is 2.07. The average molecular weight is 317 g/mol. The van der Waals surface area contributed by atoms with E-state index in [1.54, 1.807) is 20.3 Å². The van der Waals surface area contributed by atoms with Gasteiger partial charge in [-0.2, -0.15) is 5.10 Å². The number of aromatic nitrogens is 2. The first-order chi connectivity index (χ1) is 11.0. The van der Waals surface area contributed by atoms with Crippen LogP contribution in [0.2, 0.25) is 0 Å². The van der Waals surface area contributed by atoms with Crippen molar-refractivity contribution in [2.45, 2.75) is 33.2 Å². The monoisotopic (exact) mass is 317 g/mol. The number of hydrogen-bond donors (Lipinski definition) is 2. The first kappa shape index (κ1) is 16.9. The molecule has 2 aromatic rings. The second-order valence-corrected chi connectivity index (χ2v) is 5.46. The predicted octanol–water partition coefficient (Wildman–Crippen LogP) is 2.46. The summed E-state index contributed by atoms with van der Waals surface area (Å²) in [6, 6.07) is 5.53. The molecular formula is C17H23N3O3. The third kappa shape index (κ3) is 3.64. The van der Waals surface area contributed by atoms with Gasteiger partial charge in [0.05, 0.1) is 25.8 Å². The highest BCUT2D eigenvalue weighted by atomic mass is 16.5. The third-order valence-corrected chi connectivity index (χ3v) is 3.96. The maximum Gasteiger partial charge on any atom is 0.227 e. The Hall–Kier alpha value is -2.50. The number of H-pyrrole nitrogens is 1. The van der Waals surface area contributed by atoms with Gasteiger partial charge in [0.2, 0.25) is 5.91 Å². The summed E-state index contributed by atoms with van der Waals surface area (Å²) >= 11 is 0. The van der Waals surface area contributed by atoms with Gasteiger partial charge in [0.25, 0.3) is 0 Å². The standard InChI is InChI=1S/C17H23N3O3/c1-10(16-11(2)19-20-12(16)3)17(21)18-9-13-6-7-14(22-4)8-15(13)23-5/h6-8,10H,9H2,1-5H3,(H,18,21)(H,19,20). The summed E-state index contributed by atoms with van der Waals surface area (Å²) in [5, 5.41) is 10.0. The van der Waals surface area contributed by atoms with Crippen molar-refractivity contribution in [2.75, 3.05) is 14.2 Å². The first-order valence-electron chi connectivity index (χ1n) is 7.48. The van der Waals surface area contributed by atoms with Crippen molar-refractivity contribution in [3.8, 4) is 11.5 Å². The summed E-state index contributed by atoms with van der Waals surface area (Å²) in [4.78, 5) is 12.4. The Morgan fingerprint density at radius 3 is 2.61 bits per heavy atom. The molecule has 2 N–H and O–H groups in total. The number of carbonyl (C=O) groups is 1. The molecule has 0 fully saturated rings. The molecule has 1 unspecified atom stereocenters. The zero-order valence-electron chi connectivity index (χ0n) is 14.2. The van der Waals surface area contributed by atoms with Gasteiger partial charge in [-0.3, -0.25) is 9.89 Å². The number of rotatable bonds is 6. The van der Waals surface area contributed by atoms with Gasteiger partial charge in [-0.05, 0) is 32.9 Å². The minimum absolute atomic E-state index is 0.0459. The fraction of sp³-hybridized carbons (Fsp3) is 0.412. The number of carbonyl (C=O) groups excluding carboxylic acids is 1. The smallest absolute Gasteiger partial charge is 0.227 e. The molecule has 0 saturated carbocycles. The van der Waals surface area contributed by atoms with Gasteiger partial charge in [-0.1, -0.05) is 0 Å². The van der Waals surface area contributed by atoms with Crippen molar-refractivity contribution in [3.05, 3.63) is 40.7 Å². The lowest BCUT2D eigenvalue weighted by atomic mass is 9.98. The molecule has 1 aromatic heterocycles. The Morgan fingerprint density at radius 2 is 2.04 bits per heavy atom. The van der Waals surface area contributed by atoms with Crippen LogP contribution in [-0.2, 0) is 11.3 Å². The summed E-state index contributed by atoms with van der Waals surface area (Å²) < 4.78 is 10.5. The van der Waals surface area contributed by atoms with Gasteiger partial charge in [-0.15, -0.1) is 0 Å². The normalized spacial score (nSPS) is 11.9. The van der Waals surface area contributed by atoms with Crippen molar-refractivity contribution >= 4 is 5.91 Å². The molecule has 1 aromatic carbocycles. The third-order valence-electron chi connectivity index (χ3n) is 3.96. The molecular weight excluding hydrogens is 294 g/mol. The van der Waals surface area contributed by atoms with E-state index in [0.29, 0.717) is 12.3 Å². The van der Waals surface area contributed by atoms with Crippen LogP contribution in [0.15, 0.2) is 18.2 Å². The molecule has 0 spiro atoms. The van der Waals surface area contributed by atoms with Crippen LogP contribution >= 0.6 is 0 Å². The van der Waals surface area contributed by atoms with E-state index in [1.807, 2.05) is 32.9 Å². The molecule has 2 rings (SSSR count). The number of ether oxygens (including phenoxy) is 2. The number of aryl methyl sites for hydroxylation is 2. The van der Waals surface area contributed by atoms with Crippen LogP contribution in [0.5, 0.6) is 11.5 Å². The van der Waals surface area contributed by atoms with Crippen LogP contribution < -0.4 is 14.8 Å². The number of nitrogens with zero attached hydrogens (tertiary/aromatic N) is 1. The second kappa shape index (κ2) is 7.17. The lowest BCUT2D eigenvalue weighted by Crippen LogP contribution is -2.28. The lowest BCUT2D eigenvalue weighted by Gasteiger charge is -2.15. The fourth-order valence-corrected chi connectivity index (χ4v) is 2.66. The van der Waals surface area contributed by atoms with Crippen LogP contribution in [0.4, 0.5) is 0 Å². The summed E-state index contributed by atoms with van der Waals surface area (Å²) in [5.41, 5.74) is 3.62. The largest absolute Gasteiger partial charge is 0.497 e. The highest BCUT2D eigenvalue weighted by Gasteiger charge is 2.21. The molecule has 6 nitrogen and oxygen atoms in total. The van der Waals surface area contributed by atoms with E-state index in [0.717, 1.165) is 28.3 Å². The molecule has 1 amide bonds. The van der Waals surface area contributed by atoms with Crippen molar-refractivity contribution < 1.29 is 14.3 Å². The minimum atomic E-state index is -0.266. The number of hydrogen-bond acceptors (Lipinski definition) is 4. The number of benzene rings is 1. The first-order valence-corrected chi connectivity index (χ1v) is 7.48. The van der Waals surface area contributed by atoms with Crippen molar-refractivity contribution in [1.82, 2.24) is 15.5 Å². The van der Waals surface area contributed by atoms with E-state index in [-0.39, 0.29) is 11.8 Å². The zero-order valence-corrected chi connectivity index (χ0v) is 14.2. The molecule has 0 saturated heterocycles. The van der Waals surface area contributed by atoms with E-state index < -0.39 is 0 Å². The molecule has 1 atom stereocenters. The van der Waals surface area contributed by atoms with Crippen LogP contribution in [0.1, 0.15) is 35.4 Å². The van der Waals surface area contributed by atoms with E-state index in [9.17, 15) is 4.79 Å². The Labute approximate surface area is 136 Å². The zero-order chi connectivity index (χ0) is 17.0. The maximum atomic E-state index is 12.4. The van der Waals surface area contributed by atoms with E-state index >= 15 is 0 Å². The molecule has 0 aliphatic carbocycles. The minimum Gasteiger partial charge on any atom is -0.497 e. The van der Waals surface area contributed by atoms with Crippen molar-refractivity contribution in [3.63, 3.8) is 0 Å². The lowest BCUT2D eigenvalue weighted by molar-refractivity contribution is -0.122. The summed E-state index contributed by atoms with van der Waals surface area (Å²) in [7, 11) is 3.20. The Bertz CT molecular complexity index is 675. The SMILES string of the molecule is COc1ccc(CNC(=O)C(C)c2c(C)n[nH]c2C)c(OC)c1. The molecule has 1 heterocycles. The Morgan fingerprint density at radius 1 is 1.30 bits per heavy atom. The highest BCUT2D eigenvalue weighted by molar-refractivity contribution is 5.83. The van der Waals surface area contributed by atoms with E-state index in [4.69, 9.17) is 9.47 Å². The molecule has 0 aliphatic rings. The molecule has 6 heteroatoms. The maximum absolute atomic E-state index is 12.4. The topological polar surface area (TPSA) is 76.2 Å². The average Bonchev–Trinajstić information content (AvgIpc) is 2.90. The van der Waals surface area contributed by atoms with Gasteiger partial charge < -0.3 is 14.8 Å². The summed E-state index contributed by atoms with van der Waals surface area (Å²) in [5.74, 6) is 1.09. The van der Waals surface area contributed by atoms with E-state index in [1.165, 1.54) is 0 Å². The van der Waals surface area contributed by atoms with E-state index in [2.05, 4.69) is 15.5 Å². The van der Waals surface area contributed by atoms with Crippen LogP contribution in [-0.4, -0.2) is 30.3 Å². The van der Waals surface area contributed by atoms with Crippen molar-refractivity contribution in [2.24, 2.45) is 0 Å². The van der Waals surface area contributed by atoms with Gasteiger partial charge in [0.15, 0.2) is 0 Å². The predicted molar refractivity (Wildman–Crippen MR) is 87.9 cm³/mol. The number of amides is 1. The molecule has 23 heavy (non-hydrogen) atoms. The van der Waals surface area contributed by atoms with Gasteiger partial charge in [0.1, 0.15) is 11.5 Å². The van der Waals surface area contributed by atoms with Gasteiger partial charge >= 0.3 is 0 Å². The van der Waals surface area contributed by atoms with Crippen LogP contribution in [0, 0.1) is 13.8 Å². The highest BCUT2D eigenvalue weighted by Crippen LogP contribution is 2.25. The quantitative estimate of drug-likeness (QED) is 0.858. The molecule has 124 valence electrons. The number of aromatic amines is 1. The summed E-state index contributed by atoms with van der Waals surface area (Å²) in [6.07, 6.45) is 0. The second-order valence-electron chi connectivity index (χ2n) is 5.46. The van der Waals surface area contributed by atoms with Crippen LogP contribution in [0.3, 0.4) is 0 Å². The number of methoxy groups -OCH3 is 2. The van der Waals surface area contributed by atoms with Crippen LogP contribution in [0.25, 0.3) is 0 Å². The van der Waals surface area contributed by atoms with Gasteiger partial charge in [0, 0.05) is 29.4 Å². The molecule has 0 aliphatic heterocycles. The van der Waals surface area contributed by atoms with Crippen molar-refractivity contribution in [1.29, 1.82) is 0 Å². The summed E-state index contributed by atoms with van der Waals surface area (Å²) in [6.45, 7) is 6.10. The fourth-order valence-electron chi connectivity index (χ4n) is 2.66. The number of nitrogens with one attached hydrogen (secondary N) is 2. The Kier molecular flexibility index (Phi) is 5.26. The molecule has 0 bridgehead atoms. The van der Waals surface area contributed by atoms with Gasteiger partial charge in [-0.25, -0.2) is 0 Å².